The molecule has 0 aromatic heterocycles. The lowest BCUT2D eigenvalue weighted by atomic mass is 10.1. The van der Waals surface area contributed by atoms with Gasteiger partial charge in [-0.2, -0.15) is 0 Å². The first-order valence-corrected chi connectivity index (χ1v) is 7.08. The van der Waals surface area contributed by atoms with Crippen molar-refractivity contribution in [2.75, 3.05) is 13.1 Å². The maximum atomic E-state index is 12.8. The van der Waals surface area contributed by atoms with E-state index >= 15 is 0 Å². The fraction of sp³-hybridized carbons (Fsp3) is 0.533. The standard InChI is InChI=1S/C15H22FN3O.HI/c1-3-17-15(19-13-8-10(13)2)18-9-14(20)11-4-6-12(16)7-5-11;/h4-7,10,13-14,20H,3,8-9H2,1-2H3,(H2,17,18,19);1H. The van der Waals surface area contributed by atoms with Crippen molar-refractivity contribution >= 4 is 29.9 Å². The summed E-state index contributed by atoms with van der Waals surface area (Å²) in [6.45, 7) is 5.22. The molecule has 1 fully saturated rings. The molecule has 1 aromatic carbocycles. The molecule has 1 aromatic rings. The van der Waals surface area contributed by atoms with Crippen molar-refractivity contribution in [3.63, 3.8) is 0 Å². The van der Waals surface area contributed by atoms with Gasteiger partial charge in [0.1, 0.15) is 5.82 Å². The number of halogens is 2. The molecule has 0 aliphatic heterocycles. The number of rotatable bonds is 5. The molecular weight excluding hydrogens is 384 g/mol. The van der Waals surface area contributed by atoms with Gasteiger partial charge in [0.2, 0.25) is 0 Å². The fourth-order valence-electron chi connectivity index (χ4n) is 1.99. The van der Waals surface area contributed by atoms with E-state index < -0.39 is 6.10 Å². The van der Waals surface area contributed by atoms with Crippen LogP contribution in [0.15, 0.2) is 29.3 Å². The van der Waals surface area contributed by atoms with Crippen LogP contribution in [0, 0.1) is 11.7 Å². The van der Waals surface area contributed by atoms with Crippen molar-refractivity contribution in [3.8, 4) is 0 Å². The maximum Gasteiger partial charge on any atom is 0.191 e. The summed E-state index contributed by atoms with van der Waals surface area (Å²) in [5.74, 6) is 1.10. The molecule has 1 saturated carbocycles. The fourth-order valence-corrected chi connectivity index (χ4v) is 1.99. The molecule has 3 N–H and O–H groups in total. The van der Waals surface area contributed by atoms with E-state index in [-0.39, 0.29) is 36.3 Å². The molecule has 21 heavy (non-hydrogen) atoms. The first-order valence-electron chi connectivity index (χ1n) is 7.08. The zero-order chi connectivity index (χ0) is 14.5. The summed E-state index contributed by atoms with van der Waals surface area (Å²) in [6, 6.07) is 6.34. The monoisotopic (exact) mass is 407 g/mol. The summed E-state index contributed by atoms with van der Waals surface area (Å²) < 4.78 is 12.8. The summed E-state index contributed by atoms with van der Waals surface area (Å²) >= 11 is 0. The van der Waals surface area contributed by atoms with E-state index in [1.165, 1.54) is 12.1 Å². The van der Waals surface area contributed by atoms with Crippen molar-refractivity contribution in [2.45, 2.75) is 32.4 Å². The topological polar surface area (TPSA) is 56.7 Å². The Morgan fingerprint density at radius 3 is 2.57 bits per heavy atom. The van der Waals surface area contributed by atoms with Crippen LogP contribution in [0.2, 0.25) is 0 Å². The van der Waals surface area contributed by atoms with E-state index in [0.717, 1.165) is 18.9 Å². The Morgan fingerprint density at radius 2 is 2.05 bits per heavy atom. The van der Waals surface area contributed by atoms with Gasteiger partial charge in [-0.25, -0.2) is 4.39 Å². The second-order valence-corrected chi connectivity index (χ2v) is 5.25. The summed E-state index contributed by atoms with van der Waals surface area (Å²) in [5, 5.41) is 16.5. The molecule has 0 bridgehead atoms. The number of aliphatic hydroxyl groups excluding tert-OH is 1. The van der Waals surface area contributed by atoms with Crippen LogP contribution in [-0.4, -0.2) is 30.2 Å². The third-order valence-corrected chi connectivity index (χ3v) is 3.45. The number of hydrogen-bond donors (Lipinski definition) is 3. The molecule has 0 spiro atoms. The maximum absolute atomic E-state index is 12.8. The molecular formula is C15H23FIN3O. The highest BCUT2D eigenvalue weighted by molar-refractivity contribution is 14.0. The van der Waals surface area contributed by atoms with Crippen molar-refractivity contribution in [1.82, 2.24) is 10.6 Å². The number of aliphatic imine (C=N–C) groups is 1. The van der Waals surface area contributed by atoms with E-state index in [4.69, 9.17) is 0 Å². The molecule has 3 unspecified atom stereocenters. The SMILES string of the molecule is CCNC(=NCC(O)c1ccc(F)cc1)NC1CC1C.I. The highest BCUT2D eigenvalue weighted by Gasteiger charge is 2.33. The second-order valence-electron chi connectivity index (χ2n) is 5.25. The number of nitrogens with zero attached hydrogens (tertiary/aromatic N) is 1. The molecule has 2 rings (SSSR count). The minimum Gasteiger partial charge on any atom is -0.386 e. The van der Waals surface area contributed by atoms with Gasteiger partial charge >= 0.3 is 0 Å². The van der Waals surface area contributed by atoms with Crippen molar-refractivity contribution in [2.24, 2.45) is 10.9 Å². The van der Waals surface area contributed by atoms with Crippen LogP contribution < -0.4 is 10.6 Å². The molecule has 1 aliphatic rings. The van der Waals surface area contributed by atoms with Crippen molar-refractivity contribution in [1.29, 1.82) is 0 Å². The molecule has 0 saturated heterocycles. The Bertz CT molecular complexity index is 466. The van der Waals surface area contributed by atoms with E-state index in [1.54, 1.807) is 12.1 Å². The quantitative estimate of drug-likeness (QED) is 0.399. The summed E-state index contributed by atoms with van der Waals surface area (Å²) in [7, 11) is 0. The number of hydrogen-bond acceptors (Lipinski definition) is 2. The van der Waals surface area contributed by atoms with Gasteiger partial charge in [-0.3, -0.25) is 4.99 Å². The van der Waals surface area contributed by atoms with Crippen LogP contribution in [0.5, 0.6) is 0 Å². The zero-order valence-electron chi connectivity index (χ0n) is 12.3. The molecule has 118 valence electrons. The van der Waals surface area contributed by atoms with Gasteiger partial charge in [-0.1, -0.05) is 19.1 Å². The van der Waals surface area contributed by atoms with Crippen LogP contribution in [0.25, 0.3) is 0 Å². The Hall–Kier alpha value is -0.890. The minimum absolute atomic E-state index is 0. The van der Waals surface area contributed by atoms with Gasteiger partial charge in [0, 0.05) is 12.6 Å². The van der Waals surface area contributed by atoms with E-state index in [0.29, 0.717) is 17.5 Å². The van der Waals surface area contributed by atoms with Crippen LogP contribution in [0.3, 0.4) is 0 Å². The average Bonchev–Trinajstić information content (AvgIpc) is 3.12. The van der Waals surface area contributed by atoms with E-state index in [9.17, 15) is 9.50 Å². The zero-order valence-corrected chi connectivity index (χ0v) is 14.7. The highest BCUT2D eigenvalue weighted by atomic mass is 127. The molecule has 1 aliphatic carbocycles. The number of aliphatic hydroxyl groups is 1. The van der Waals surface area contributed by atoms with Gasteiger partial charge in [-0.05, 0) is 37.0 Å². The van der Waals surface area contributed by atoms with Crippen LogP contribution in [0.1, 0.15) is 31.9 Å². The third-order valence-electron chi connectivity index (χ3n) is 3.45. The normalized spacial score (nSPS) is 22.2. The average molecular weight is 407 g/mol. The molecule has 0 amide bonds. The number of guanidine groups is 1. The molecule has 0 radical (unpaired) electrons. The molecule has 3 atom stereocenters. The molecule has 6 heteroatoms. The van der Waals surface area contributed by atoms with E-state index in [2.05, 4.69) is 22.5 Å². The Balaban J connectivity index is 0.00000220. The van der Waals surface area contributed by atoms with Crippen LogP contribution in [0.4, 0.5) is 4.39 Å². The lowest BCUT2D eigenvalue weighted by Gasteiger charge is -2.13. The van der Waals surface area contributed by atoms with Crippen molar-refractivity contribution < 1.29 is 9.50 Å². The van der Waals surface area contributed by atoms with E-state index in [1.807, 2.05) is 6.92 Å². The highest BCUT2D eigenvalue weighted by Crippen LogP contribution is 2.28. The predicted octanol–water partition coefficient (Wildman–Crippen LogP) is 2.44. The first kappa shape index (κ1) is 18.2. The van der Waals surface area contributed by atoms with Gasteiger partial charge in [0.25, 0.3) is 0 Å². The second kappa shape index (κ2) is 8.53. The lowest BCUT2D eigenvalue weighted by Crippen LogP contribution is -2.39. The largest absolute Gasteiger partial charge is 0.386 e. The van der Waals surface area contributed by atoms with Crippen LogP contribution in [-0.2, 0) is 0 Å². The van der Waals surface area contributed by atoms with Crippen LogP contribution >= 0.6 is 24.0 Å². The molecule has 4 nitrogen and oxygen atoms in total. The Kier molecular flexibility index (Phi) is 7.37. The Labute approximate surface area is 142 Å². The van der Waals surface area contributed by atoms with Gasteiger partial charge in [-0.15, -0.1) is 24.0 Å². The predicted molar refractivity (Wildman–Crippen MR) is 93.5 cm³/mol. The lowest BCUT2D eigenvalue weighted by molar-refractivity contribution is 0.187. The minimum atomic E-state index is -0.720. The first-order chi connectivity index (χ1) is 9.60. The number of benzene rings is 1. The van der Waals surface area contributed by atoms with Gasteiger partial charge in [0.05, 0.1) is 12.6 Å². The van der Waals surface area contributed by atoms with Gasteiger partial charge in [0.15, 0.2) is 5.96 Å². The molecule has 0 heterocycles. The van der Waals surface area contributed by atoms with Gasteiger partial charge < -0.3 is 15.7 Å². The smallest absolute Gasteiger partial charge is 0.191 e. The summed E-state index contributed by atoms with van der Waals surface area (Å²) in [4.78, 5) is 4.38. The number of nitrogens with one attached hydrogen (secondary N) is 2. The van der Waals surface area contributed by atoms with Crippen molar-refractivity contribution in [3.05, 3.63) is 35.6 Å². The third kappa shape index (κ3) is 5.78. The summed E-state index contributed by atoms with van der Waals surface area (Å²) in [6.07, 6.45) is 0.438. The Morgan fingerprint density at radius 1 is 1.43 bits per heavy atom. The summed E-state index contributed by atoms with van der Waals surface area (Å²) in [5.41, 5.74) is 0.672.